The summed E-state index contributed by atoms with van der Waals surface area (Å²) in [6.45, 7) is 2.15. The fraction of sp³-hybridized carbons (Fsp3) is 0.400. The van der Waals surface area contributed by atoms with Gasteiger partial charge >= 0.3 is 5.97 Å². The van der Waals surface area contributed by atoms with E-state index in [1.54, 1.807) is 29.5 Å². The second kappa shape index (κ2) is 9.92. The minimum absolute atomic E-state index is 0.299. The van der Waals surface area contributed by atoms with Crippen LogP contribution in [0.1, 0.15) is 53.4 Å². The van der Waals surface area contributed by atoms with Crippen LogP contribution in [0, 0.1) is 0 Å². The summed E-state index contributed by atoms with van der Waals surface area (Å²) in [7, 11) is 0. The van der Waals surface area contributed by atoms with Crippen LogP contribution >= 0.6 is 46.8 Å². The Labute approximate surface area is 184 Å². The molecule has 0 saturated carbocycles. The molecule has 4 nitrogen and oxygen atoms in total. The first-order valence-corrected chi connectivity index (χ1v) is 11.3. The van der Waals surface area contributed by atoms with Gasteiger partial charge in [0, 0.05) is 9.90 Å². The summed E-state index contributed by atoms with van der Waals surface area (Å²) < 4.78 is 5.33. The van der Waals surface area contributed by atoms with Crippen molar-refractivity contribution >= 4 is 68.5 Å². The van der Waals surface area contributed by atoms with E-state index in [1.807, 2.05) is 6.92 Å². The van der Waals surface area contributed by atoms with E-state index in [1.165, 1.54) is 17.7 Å². The number of esters is 1. The third kappa shape index (κ3) is 5.17. The van der Waals surface area contributed by atoms with Crippen LogP contribution in [-0.4, -0.2) is 17.7 Å². The van der Waals surface area contributed by atoms with E-state index < -0.39 is 0 Å². The molecule has 0 bridgehead atoms. The fourth-order valence-corrected chi connectivity index (χ4v) is 5.17. The van der Waals surface area contributed by atoms with Crippen LogP contribution in [-0.2, 0) is 17.6 Å². The SMILES string of the molecule is CCOC(=O)c1c(NC(=S)Nc2cc(Cl)ccc2Cl)sc2c1CCCCCC2. The Morgan fingerprint density at radius 2 is 1.93 bits per heavy atom. The molecular weight excluding hydrogens is 435 g/mol. The maximum absolute atomic E-state index is 12.7. The minimum atomic E-state index is -0.299. The Morgan fingerprint density at radius 3 is 2.68 bits per heavy atom. The van der Waals surface area contributed by atoms with Gasteiger partial charge in [0.05, 0.1) is 22.9 Å². The molecule has 28 heavy (non-hydrogen) atoms. The van der Waals surface area contributed by atoms with E-state index in [2.05, 4.69) is 10.6 Å². The Kier molecular flexibility index (Phi) is 7.57. The molecule has 1 aliphatic rings. The number of nitrogens with one attached hydrogen (secondary N) is 2. The summed E-state index contributed by atoms with van der Waals surface area (Å²) in [6, 6.07) is 5.12. The molecule has 8 heteroatoms. The van der Waals surface area contributed by atoms with E-state index in [4.69, 9.17) is 40.2 Å². The molecule has 0 spiro atoms. The van der Waals surface area contributed by atoms with Gasteiger partial charge in [-0.1, -0.05) is 36.0 Å². The lowest BCUT2D eigenvalue weighted by Crippen LogP contribution is -2.20. The predicted octanol–water partition coefficient (Wildman–Crippen LogP) is 6.70. The second-order valence-corrected chi connectivity index (χ2v) is 8.90. The first-order chi connectivity index (χ1) is 13.5. The number of carbonyl (C=O) groups excluding carboxylic acids is 1. The highest BCUT2D eigenvalue weighted by molar-refractivity contribution is 7.80. The molecule has 0 saturated heterocycles. The lowest BCUT2D eigenvalue weighted by molar-refractivity contribution is 0.0526. The molecule has 0 atom stereocenters. The van der Waals surface area contributed by atoms with Crippen molar-refractivity contribution in [1.82, 2.24) is 0 Å². The number of hydrogen-bond acceptors (Lipinski definition) is 4. The summed E-state index contributed by atoms with van der Waals surface area (Å²) in [6.07, 6.45) is 6.50. The second-order valence-electron chi connectivity index (χ2n) is 6.55. The normalized spacial score (nSPS) is 13.8. The molecule has 0 amide bonds. The number of benzene rings is 1. The van der Waals surface area contributed by atoms with Crippen molar-refractivity contribution in [2.75, 3.05) is 17.2 Å². The lowest BCUT2D eigenvalue weighted by Gasteiger charge is -2.13. The topological polar surface area (TPSA) is 50.4 Å². The Bertz CT molecular complexity index is 883. The van der Waals surface area contributed by atoms with Gasteiger partial charge in [-0.15, -0.1) is 11.3 Å². The third-order valence-corrected chi connectivity index (χ3v) is 6.53. The zero-order valence-corrected chi connectivity index (χ0v) is 18.7. The van der Waals surface area contributed by atoms with Crippen LogP contribution in [0.25, 0.3) is 0 Å². The number of hydrogen-bond donors (Lipinski definition) is 2. The van der Waals surface area contributed by atoms with E-state index >= 15 is 0 Å². The molecule has 1 aliphatic carbocycles. The van der Waals surface area contributed by atoms with Crippen molar-refractivity contribution < 1.29 is 9.53 Å². The number of rotatable bonds is 4. The standard InChI is InChI=1S/C20H22Cl2N2O2S2/c1-2-26-19(25)17-13-7-5-3-4-6-8-16(13)28-18(17)24-20(27)23-15-11-12(21)9-10-14(15)22/h9-11H,2-8H2,1H3,(H2,23,24,27). The first kappa shape index (κ1) is 21.4. The van der Waals surface area contributed by atoms with Crippen molar-refractivity contribution in [1.29, 1.82) is 0 Å². The zero-order valence-electron chi connectivity index (χ0n) is 15.6. The van der Waals surface area contributed by atoms with Crippen LogP contribution in [0.2, 0.25) is 10.0 Å². The van der Waals surface area contributed by atoms with Gasteiger partial charge < -0.3 is 15.4 Å². The number of aryl methyl sites for hydroxylation is 1. The van der Waals surface area contributed by atoms with Gasteiger partial charge in [-0.25, -0.2) is 4.79 Å². The highest BCUT2D eigenvalue weighted by Gasteiger charge is 2.25. The molecule has 0 aliphatic heterocycles. The van der Waals surface area contributed by atoms with Crippen LogP contribution in [0.4, 0.5) is 10.7 Å². The first-order valence-electron chi connectivity index (χ1n) is 9.34. The maximum Gasteiger partial charge on any atom is 0.341 e. The number of thiophene rings is 1. The summed E-state index contributed by atoms with van der Waals surface area (Å²) in [5.74, 6) is -0.299. The fourth-order valence-electron chi connectivity index (χ4n) is 3.28. The molecule has 1 aromatic heterocycles. The monoisotopic (exact) mass is 456 g/mol. The number of ether oxygens (including phenoxy) is 1. The molecule has 1 heterocycles. The molecule has 0 fully saturated rings. The van der Waals surface area contributed by atoms with E-state index in [9.17, 15) is 4.79 Å². The summed E-state index contributed by atoms with van der Waals surface area (Å²) in [4.78, 5) is 13.9. The van der Waals surface area contributed by atoms with E-state index in [-0.39, 0.29) is 5.97 Å². The average Bonchev–Trinajstić information content (AvgIpc) is 2.94. The third-order valence-electron chi connectivity index (χ3n) is 4.55. The summed E-state index contributed by atoms with van der Waals surface area (Å²) in [5.41, 5.74) is 2.33. The van der Waals surface area contributed by atoms with Crippen LogP contribution in [0.5, 0.6) is 0 Å². The summed E-state index contributed by atoms with van der Waals surface area (Å²) in [5, 5.41) is 8.38. The lowest BCUT2D eigenvalue weighted by atomic mass is 9.96. The minimum Gasteiger partial charge on any atom is -0.462 e. The molecule has 0 unspecified atom stereocenters. The Balaban J connectivity index is 1.87. The number of carbonyl (C=O) groups is 1. The highest BCUT2D eigenvalue weighted by atomic mass is 35.5. The van der Waals surface area contributed by atoms with Gasteiger partial charge in [-0.2, -0.15) is 0 Å². The van der Waals surface area contributed by atoms with Gasteiger partial charge in [-0.05, 0) is 68.6 Å². The number of anilines is 2. The van der Waals surface area contributed by atoms with Crippen LogP contribution in [0.15, 0.2) is 18.2 Å². The average molecular weight is 457 g/mol. The zero-order chi connectivity index (χ0) is 20.1. The maximum atomic E-state index is 12.7. The Morgan fingerprint density at radius 1 is 1.18 bits per heavy atom. The quantitative estimate of drug-likeness (QED) is 0.395. The molecule has 1 aromatic carbocycles. The smallest absolute Gasteiger partial charge is 0.341 e. The van der Waals surface area contributed by atoms with Crippen LogP contribution < -0.4 is 10.6 Å². The van der Waals surface area contributed by atoms with Crippen molar-refractivity contribution in [3.8, 4) is 0 Å². The largest absolute Gasteiger partial charge is 0.462 e. The molecule has 150 valence electrons. The van der Waals surface area contributed by atoms with Gasteiger partial charge in [0.2, 0.25) is 0 Å². The molecule has 0 radical (unpaired) electrons. The van der Waals surface area contributed by atoms with E-state index in [0.717, 1.165) is 36.2 Å². The molecule has 2 aromatic rings. The van der Waals surface area contributed by atoms with Gasteiger partial charge in [-0.3, -0.25) is 0 Å². The predicted molar refractivity (Wildman–Crippen MR) is 122 cm³/mol. The van der Waals surface area contributed by atoms with Crippen molar-refractivity contribution in [2.45, 2.75) is 45.4 Å². The van der Waals surface area contributed by atoms with Crippen molar-refractivity contribution in [3.63, 3.8) is 0 Å². The molecule has 3 rings (SSSR count). The van der Waals surface area contributed by atoms with Gasteiger partial charge in [0.1, 0.15) is 5.00 Å². The molecule has 2 N–H and O–H groups in total. The van der Waals surface area contributed by atoms with Crippen molar-refractivity contribution in [2.24, 2.45) is 0 Å². The number of halogens is 2. The van der Waals surface area contributed by atoms with Crippen LogP contribution in [0.3, 0.4) is 0 Å². The van der Waals surface area contributed by atoms with Gasteiger partial charge in [0.15, 0.2) is 5.11 Å². The Hall–Kier alpha value is -1.34. The van der Waals surface area contributed by atoms with E-state index in [0.29, 0.717) is 33.0 Å². The highest BCUT2D eigenvalue weighted by Crippen LogP contribution is 2.38. The number of fused-ring (bicyclic) bond motifs is 1. The van der Waals surface area contributed by atoms with Gasteiger partial charge in [0.25, 0.3) is 0 Å². The number of thiocarbonyl (C=S) groups is 1. The van der Waals surface area contributed by atoms with Crippen molar-refractivity contribution in [3.05, 3.63) is 44.2 Å². The molecular formula is C20H22Cl2N2O2S2. The summed E-state index contributed by atoms with van der Waals surface area (Å²) >= 11 is 19.3.